The molecule has 0 aromatic heterocycles. The molecule has 0 saturated carbocycles. The van der Waals surface area contributed by atoms with Crippen molar-refractivity contribution in [1.82, 2.24) is 4.72 Å². The number of amides is 1. The number of carbonyl (C=O) groups excluding carboxylic acids is 1. The molecule has 3 rings (SSSR count). The van der Waals surface area contributed by atoms with Crippen molar-refractivity contribution in [3.63, 3.8) is 0 Å². The number of benzene rings is 2. The molecule has 8 nitrogen and oxygen atoms in total. The van der Waals surface area contributed by atoms with Gasteiger partial charge in [-0.3, -0.25) is 14.5 Å². The van der Waals surface area contributed by atoms with Crippen molar-refractivity contribution in [2.45, 2.75) is 18.2 Å². The van der Waals surface area contributed by atoms with Crippen LogP contribution in [0.3, 0.4) is 0 Å². The highest BCUT2D eigenvalue weighted by atomic mass is 32.2. The fraction of sp³-hybridized carbons (Fsp3) is 0.263. The molecule has 0 atom stereocenters. The van der Waals surface area contributed by atoms with E-state index < -0.39 is 10.0 Å². The molecule has 0 fully saturated rings. The lowest BCUT2D eigenvalue weighted by Crippen LogP contribution is -2.23. The Morgan fingerprint density at radius 2 is 1.82 bits per heavy atom. The second-order valence-corrected chi connectivity index (χ2v) is 7.80. The van der Waals surface area contributed by atoms with E-state index in [9.17, 15) is 13.2 Å². The first-order valence-electron chi connectivity index (χ1n) is 8.55. The van der Waals surface area contributed by atoms with E-state index in [4.69, 9.17) is 9.47 Å². The van der Waals surface area contributed by atoms with E-state index >= 15 is 0 Å². The summed E-state index contributed by atoms with van der Waals surface area (Å²) in [5, 5.41) is 2.81. The molecule has 2 aromatic carbocycles. The third-order valence-corrected chi connectivity index (χ3v) is 5.67. The van der Waals surface area contributed by atoms with Gasteiger partial charge in [0.05, 0.1) is 25.7 Å². The van der Waals surface area contributed by atoms with Gasteiger partial charge in [0.15, 0.2) is 11.5 Å². The van der Waals surface area contributed by atoms with Gasteiger partial charge in [0, 0.05) is 23.7 Å². The minimum atomic E-state index is -3.58. The summed E-state index contributed by atoms with van der Waals surface area (Å²) < 4.78 is 37.0. The third kappa shape index (κ3) is 3.94. The maximum Gasteiger partial charge on any atom is 0.263 e. The number of methoxy groups -OCH3 is 2. The molecule has 0 unspecified atom stereocenters. The van der Waals surface area contributed by atoms with Crippen molar-refractivity contribution in [3.05, 3.63) is 47.5 Å². The Hall–Kier alpha value is -3.07. The van der Waals surface area contributed by atoms with Crippen molar-refractivity contribution in [3.8, 4) is 11.5 Å². The molecule has 0 aliphatic carbocycles. The van der Waals surface area contributed by atoms with E-state index in [0.29, 0.717) is 22.7 Å². The molecule has 2 N–H and O–H groups in total. The minimum absolute atomic E-state index is 0.0984. The van der Waals surface area contributed by atoms with E-state index in [1.54, 1.807) is 37.4 Å². The first kappa shape index (κ1) is 19.7. The summed E-state index contributed by atoms with van der Waals surface area (Å²) in [6.45, 7) is 1.99. The van der Waals surface area contributed by atoms with Crippen LogP contribution in [0.1, 0.15) is 17.5 Å². The second-order valence-electron chi connectivity index (χ2n) is 6.15. The number of anilines is 1. The van der Waals surface area contributed by atoms with Crippen LogP contribution in [0.2, 0.25) is 0 Å². The van der Waals surface area contributed by atoms with Gasteiger partial charge in [0.1, 0.15) is 5.84 Å². The van der Waals surface area contributed by atoms with Crippen molar-refractivity contribution >= 4 is 27.5 Å². The number of hydrogen-bond acceptors (Lipinski definition) is 6. The molecule has 0 bridgehead atoms. The van der Waals surface area contributed by atoms with Crippen molar-refractivity contribution in [2.24, 2.45) is 4.99 Å². The molecule has 0 spiro atoms. The number of carbonyl (C=O) groups is 1. The van der Waals surface area contributed by atoms with Crippen molar-refractivity contribution < 1.29 is 22.7 Å². The maximum atomic E-state index is 12.3. The lowest BCUT2D eigenvalue weighted by atomic mass is 10.1. The molecule has 28 heavy (non-hydrogen) atoms. The van der Waals surface area contributed by atoms with E-state index in [-0.39, 0.29) is 29.6 Å². The Balaban J connectivity index is 1.67. The number of hydrogen-bond donors (Lipinski definition) is 2. The third-order valence-electron chi connectivity index (χ3n) is 4.28. The molecular weight excluding hydrogens is 382 g/mol. The van der Waals surface area contributed by atoms with Gasteiger partial charge in [0.25, 0.3) is 10.0 Å². The van der Waals surface area contributed by atoms with Crippen molar-refractivity contribution in [2.75, 3.05) is 26.1 Å². The van der Waals surface area contributed by atoms with E-state index in [1.165, 1.54) is 13.2 Å². The average molecular weight is 403 g/mol. The van der Waals surface area contributed by atoms with Crippen LogP contribution in [0, 0.1) is 6.92 Å². The quantitative estimate of drug-likeness (QED) is 0.768. The summed E-state index contributed by atoms with van der Waals surface area (Å²) >= 11 is 0. The molecule has 0 radical (unpaired) electrons. The Kier molecular flexibility index (Phi) is 5.55. The van der Waals surface area contributed by atoms with E-state index in [2.05, 4.69) is 15.0 Å². The number of rotatable bonds is 6. The largest absolute Gasteiger partial charge is 0.493 e. The van der Waals surface area contributed by atoms with Gasteiger partial charge in [-0.15, -0.1) is 0 Å². The highest BCUT2D eigenvalue weighted by Crippen LogP contribution is 2.33. The van der Waals surface area contributed by atoms with Gasteiger partial charge in [-0.25, -0.2) is 8.42 Å². The SMILES string of the molecule is COc1cc(C)c(NC(=O)CCN=C2NS(=O)(=O)c3ccccc32)cc1OC. The number of sulfonamides is 1. The highest BCUT2D eigenvalue weighted by Gasteiger charge is 2.29. The van der Waals surface area contributed by atoms with E-state index in [0.717, 1.165) is 5.56 Å². The lowest BCUT2D eigenvalue weighted by molar-refractivity contribution is -0.116. The summed E-state index contributed by atoms with van der Waals surface area (Å²) in [4.78, 5) is 16.7. The lowest BCUT2D eigenvalue weighted by Gasteiger charge is -2.13. The average Bonchev–Trinajstić information content (AvgIpc) is 2.93. The molecule has 9 heteroatoms. The van der Waals surface area contributed by atoms with Crippen LogP contribution in [-0.2, 0) is 14.8 Å². The van der Waals surface area contributed by atoms with Crippen LogP contribution in [0.5, 0.6) is 11.5 Å². The molecular formula is C19H21N3O5S. The molecule has 148 valence electrons. The summed E-state index contributed by atoms with van der Waals surface area (Å²) in [5.41, 5.74) is 1.95. The number of aryl methyl sites for hydroxylation is 1. The van der Waals surface area contributed by atoms with Crippen molar-refractivity contribution in [1.29, 1.82) is 0 Å². The first-order chi connectivity index (χ1) is 13.4. The molecule has 1 amide bonds. The van der Waals surface area contributed by atoms with Crippen LogP contribution in [-0.4, -0.2) is 40.9 Å². The summed E-state index contributed by atoms with van der Waals surface area (Å²) in [7, 11) is -0.512. The number of nitrogens with zero attached hydrogens (tertiary/aromatic N) is 1. The smallest absolute Gasteiger partial charge is 0.263 e. The summed E-state index contributed by atoms with van der Waals surface area (Å²) in [6.07, 6.45) is 0.0984. The molecule has 1 aliphatic rings. The zero-order chi connectivity index (χ0) is 20.3. The Bertz CT molecular complexity index is 1050. The fourth-order valence-corrected chi connectivity index (χ4v) is 4.10. The van der Waals surface area contributed by atoms with Gasteiger partial charge in [0.2, 0.25) is 5.91 Å². The van der Waals surface area contributed by atoms with Gasteiger partial charge < -0.3 is 14.8 Å². The summed E-state index contributed by atoms with van der Waals surface area (Å²) in [5.74, 6) is 1.11. The molecule has 1 aliphatic heterocycles. The second kappa shape index (κ2) is 7.89. The van der Waals surface area contributed by atoms with Crippen LogP contribution >= 0.6 is 0 Å². The van der Waals surface area contributed by atoms with Gasteiger partial charge in [-0.1, -0.05) is 12.1 Å². The molecule has 1 heterocycles. The standard InChI is InChI=1S/C19H21N3O5S/c1-12-10-15(26-2)16(27-3)11-14(12)21-18(23)8-9-20-19-13-6-4-5-7-17(13)28(24,25)22-19/h4-7,10-11H,8-9H2,1-3H3,(H,20,22)(H,21,23). The van der Waals surface area contributed by atoms with Gasteiger partial charge >= 0.3 is 0 Å². The normalized spacial score (nSPS) is 15.6. The predicted octanol–water partition coefficient (Wildman–Crippen LogP) is 2.08. The molecule has 2 aromatic rings. The molecule has 0 saturated heterocycles. The number of nitrogens with one attached hydrogen (secondary N) is 2. The number of aliphatic imine (C=N–C) groups is 1. The fourth-order valence-electron chi connectivity index (χ4n) is 2.85. The topological polar surface area (TPSA) is 106 Å². The van der Waals surface area contributed by atoms with Crippen LogP contribution in [0.4, 0.5) is 5.69 Å². The zero-order valence-corrected chi connectivity index (χ0v) is 16.6. The number of fused-ring (bicyclic) bond motifs is 1. The van der Waals surface area contributed by atoms with Crippen LogP contribution in [0.25, 0.3) is 0 Å². The van der Waals surface area contributed by atoms with E-state index in [1.807, 2.05) is 6.92 Å². The Labute approximate surface area is 163 Å². The summed E-state index contributed by atoms with van der Waals surface area (Å²) in [6, 6.07) is 10.1. The minimum Gasteiger partial charge on any atom is -0.493 e. The van der Waals surface area contributed by atoms with Crippen LogP contribution in [0.15, 0.2) is 46.3 Å². The van der Waals surface area contributed by atoms with Gasteiger partial charge in [-0.2, -0.15) is 0 Å². The highest BCUT2D eigenvalue weighted by molar-refractivity contribution is 7.90. The monoisotopic (exact) mass is 403 g/mol. The van der Waals surface area contributed by atoms with Crippen LogP contribution < -0.4 is 19.5 Å². The Morgan fingerprint density at radius 1 is 1.14 bits per heavy atom. The zero-order valence-electron chi connectivity index (χ0n) is 15.8. The Morgan fingerprint density at radius 3 is 2.54 bits per heavy atom. The maximum absolute atomic E-state index is 12.3. The number of amidine groups is 1. The predicted molar refractivity (Wildman–Crippen MR) is 106 cm³/mol. The number of ether oxygens (including phenoxy) is 2. The van der Waals surface area contributed by atoms with Gasteiger partial charge in [-0.05, 0) is 30.7 Å². The first-order valence-corrected chi connectivity index (χ1v) is 10.0.